The Bertz CT molecular complexity index is 2230. The van der Waals surface area contributed by atoms with E-state index in [-0.39, 0.29) is 41.7 Å². The number of hydrogen-bond acceptors (Lipinski definition) is 11. The Morgan fingerprint density at radius 3 is 2.12 bits per heavy atom. The van der Waals surface area contributed by atoms with Crippen LogP contribution in [0.3, 0.4) is 0 Å². The summed E-state index contributed by atoms with van der Waals surface area (Å²) in [5, 5.41) is 14.9. The van der Waals surface area contributed by atoms with Gasteiger partial charge in [-0.25, -0.2) is 0 Å². The molecular formula is C46H53N7O7. The minimum Gasteiger partial charge on any atom is -0.495 e. The van der Waals surface area contributed by atoms with Crippen molar-refractivity contribution in [3.05, 3.63) is 82.9 Å². The maximum atomic E-state index is 13.5. The van der Waals surface area contributed by atoms with Gasteiger partial charge in [-0.3, -0.25) is 39.1 Å². The van der Waals surface area contributed by atoms with Gasteiger partial charge in [0.15, 0.2) is 0 Å². The lowest BCUT2D eigenvalue weighted by Gasteiger charge is -2.63. The van der Waals surface area contributed by atoms with Crippen LogP contribution in [0.25, 0.3) is 0 Å². The van der Waals surface area contributed by atoms with Crippen LogP contribution in [0.5, 0.6) is 11.5 Å². The molecule has 14 heteroatoms. The third kappa shape index (κ3) is 7.44. The monoisotopic (exact) mass is 815 g/mol. The number of rotatable bonds is 10. The lowest BCUT2D eigenvalue weighted by atomic mass is 9.49. The molecule has 0 radical (unpaired) electrons. The first-order valence-corrected chi connectivity index (χ1v) is 20.9. The van der Waals surface area contributed by atoms with Crippen molar-refractivity contribution in [2.75, 3.05) is 62.7 Å². The maximum Gasteiger partial charge on any atom is 0.262 e. The number of piperazine rings is 1. The number of benzene rings is 3. The van der Waals surface area contributed by atoms with Gasteiger partial charge in [-0.05, 0) is 79.8 Å². The zero-order chi connectivity index (χ0) is 42.5. The van der Waals surface area contributed by atoms with E-state index >= 15 is 0 Å². The number of ether oxygens (including phenoxy) is 2. The van der Waals surface area contributed by atoms with E-state index in [2.05, 4.69) is 59.1 Å². The number of piperidine rings is 2. The quantitative estimate of drug-likeness (QED) is 0.275. The molecule has 1 unspecified atom stereocenters. The molecule has 1 saturated carbocycles. The van der Waals surface area contributed by atoms with E-state index in [1.54, 1.807) is 30.3 Å². The Hall–Kier alpha value is -5.94. The minimum atomic E-state index is -0.975. The first-order valence-electron chi connectivity index (χ1n) is 20.9. The normalized spacial score (nSPS) is 24.0. The van der Waals surface area contributed by atoms with Gasteiger partial charge in [0.25, 0.3) is 17.7 Å². The molecule has 314 valence electrons. The molecule has 0 spiro atoms. The van der Waals surface area contributed by atoms with Crippen LogP contribution in [-0.2, 0) is 9.59 Å². The van der Waals surface area contributed by atoms with E-state index in [1.165, 1.54) is 7.11 Å². The van der Waals surface area contributed by atoms with E-state index in [1.807, 2.05) is 30.3 Å². The van der Waals surface area contributed by atoms with Crippen LogP contribution in [-0.4, -0.2) is 110 Å². The molecule has 2 N–H and O–H groups in total. The summed E-state index contributed by atoms with van der Waals surface area (Å²) < 4.78 is 11.8. The second kappa shape index (κ2) is 15.9. The second-order valence-corrected chi connectivity index (χ2v) is 18.0. The van der Waals surface area contributed by atoms with Gasteiger partial charge >= 0.3 is 0 Å². The van der Waals surface area contributed by atoms with Gasteiger partial charge in [0.1, 0.15) is 29.7 Å². The molecule has 4 heterocycles. The number of carbonyl (C=O) groups excluding carboxylic acids is 5. The summed E-state index contributed by atoms with van der Waals surface area (Å²) in [5.74, 6) is -0.415. The fourth-order valence-electron chi connectivity index (χ4n) is 10.4. The first kappa shape index (κ1) is 40.8. The van der Waals surface area contributed by atoms with Crippen LogP contribution in [0.1, 0.15) is 90.0 Å². The third-order valence-electron chi connectivity index (χ3n) is 13.4. The van der Waals surface area contributed by atoms with Crippen molar-refractivity contribution in [3.8, 4) is 17.6 Å². The molecule has 4 fully saturated rings. The lowest BCUT2D eigenvalue weighted by molar-refractivity contribution is -0.164. The molecule has 8 rings (SSSR count). The van der Waals surface area contributed by atoms with Crippen molar-refractivity contribution in [2.24, 2.45) is 16.7 Å². The summed E-state index contributed by atoms with van der Waals surface area (Å²) in [6.07, 6.45) is 2.21. The van der Waals surface area contributed by atoms with Crippen LogP contribution in [0.15, 0.2) is 60.7 Å². The largest absolute Gasteiger partial charge is 0.495 e. The van der Waals surface area contributed by atoms with Crippen molar-refractivity contribution in [1.29, 1.82) is 5.26 Å². The Kier molecular flexibility index (Phi) is 10.8. The van der Waals surface area contributed by atoms with Gasteiger partial charge in [0.2, 0.25) is 11.8 Å². The van der Waals surface area contributed by atoms with Gasteiger partial charge in [-0.2, -0.15) is 5.26 Å². The van der Waals surface area contributed by atoms with Crippen LogP contribution < -0.4 is 29.9 Å². The van der Waals surface area contributed by atoms with Crippen molar-refractivity contribution in [1.82, 2.24) is 20.4 Å². The second-order valence-electron chi connectivity index (χ2n) is 18.0. The smallest absolute Gasteiger partial charge is 0.262 e. The van der Waals surface area contributed by atoms with Crippen molar-refractivity contribution >= 4 is 40.9 Å². The predicted molar refractivity (Wildman–Crippen MR) is 224 cm³/mol. The minimum absolute atomic E-state index is 0.0903. The lowest BCUT2D eigenvalue weighted by Crippen LogP contribution is -2.74. The summed E-state index contributed by atoms with van der Waals surface area (Å²) in [7, 11) is 1.53. The highest BCUT2D eigenvalue weighted by molar-refractivity contribution is 6.23. The number of amides is 5. The number of methoxy groups -OCH3 is 1. The van der Waals surface area contributed by atoms with Crippen molar-refractivity contribution < 1.29 is 33.4 Å². The van der Waals surface area contributed by atoms with Gasteiger partial charge in [-0.1, -0.05) is 27.7 Å². The molecule has 14 nitrogen and oxygen atoms in total. The Morgan fingerprint density at radius 1 is 0.817 bits per heavy atom. The molecule has 3 aromatic carbocycles. The number of hydrogen-bond donors (Lipinski definition) is 2. The maximum absolute atomic E-state index is 13.5. The van der Waals surface area contributed by atoms with E-state index in [4.69, 9.17) is 9.47 Å². The van der Waals surface area contributed by atoms with Gasteiger partial charge in [-0.15, -0.1) is 0 Å². The zero-order valence-electron chi connectivity index (χ0n) is 35.0. The van der Waals surface area contributed by atoms with E-state index < -0.39 is 29.7 Å². The fourth-order valence-corrected chi connectivity index (χ4v) is 10.4. The average molecular weight is 816 g/mol. The number of nitriles is 1. The number of nitrogens with one attached hydrogen (secondary N) is 2. The molecule has 5 amide bonds. The first-order chi connectivity index (χ1) is 28.7. The molecule has 0 bridgehead atoms. The number of imide groups is 2. The highest BCUT2D eigenvalue weighted by Gasteiger charge is 2.64. The van der Waals surface area contributed by atoms with Crippen LogP contribution in [0.2, 0.25) is 0 Å². The standard InChI is InChI=1S/C46H53N7O7/c1-45(2)43(46(3,4)44(45)60-33-12-8-30(26-47)37(25-33)59-5)49-39(55)29-6-9-31(10-7-29)51-18-16-28(17-19-51)27-50-20-22-52(23-21-50)32-11-13-34-35(24-32)42(58)53(41(34)57)36-14-15-38(54)48-40(36)56/h6-13,24-25,28,36,43-44H,14-23,27H2,1-5H3,(H,49,55)(H,48,54,56)/t36?,43-,44-. The van der Waals surface area contributed by atoms with Crippen molar-refractivity contribution in [2.45, 2.75) is 71.6 Å². The average Bonchev–Trinajstić information content (AvgIpc) is 3.49. The van der Waals surface area contributed by atoms with Crippen LogP contribution in [0, 0.1) is 28.1 Å². The Labute approximate surface area is 350 Å². The topological polar surface area (TPSA) is 165 Å². The summed E-state index contributed by atoms with van der Waals surface area (Å²) in [6.45, 7) is 14.7. The third-order valence-corrected chi connectivity index (χ3v) is 13.4. The molecule has 3 aromatic rings. The van der Waals surface area contributed by atoms with E-state index in [0.29, 0.717) is 39.7 Å². The number of nitrogens with zero attached hydrogens (tertiary/aromatic N) is 5. The summed E-state index contributed by atoms with van der Waals surface area (Å²) in [6, 6.07) is 19.5. The molecule has 60 heavy (non-hydrogen) atoms. The van der Waals surface area contributed by atoms with Gasteiger partial charge in [0, 0.05) is 92.1 Å². The summed E-state index contributed by atoms with van der Waals surface area (Å²) in [4.78, 5) is 72.3. The highest BCUT2D eigenvalue weighted by atomic mass is 16.5. The molecule has 0 aromatic heterocycles. The number of anilines is 2. The Morgan fingerprint density at radius 2 is 1.47 bits per heavy atom. The van der Waals surface area contributed by atoms with Gasteiger partial charge < -0.3 is 24.6 Å². The zero-order valence-corrected chi connectivity index (χ0v) is 35.0. The highest BCUT2D eigenvalue weighted by Crippen LogP contribution is 2.55. The molecule has 5 aliphatic rings. The van der Waals surface area contributed by atoms with Gasteiger partial charge in [0.05, 0.1) is 23.8 Å². The summed E-state index contributed by atoms with van der Waals surface area (Å²) in [5.41, 5.74) is 2.96. The fraction of sp³-hybridized carbons (Fsp3) is 0.478. The molecule has 4 aliphatic heterocycles. The molecule has 1 atom stereocenters. The Balaban J connectivity index is 0.790. The SMILES string of the molecule is COc1cc(O[C@H]2C(C)(C)[C@H](NC(=O)c3ccc(N4CCC(CN5CCN(c6ccc7c(c6)C(=O)N(C6CCC(=O)NC6=O)C7=O)CC5)CC4)cc3)C2(C)C)ccc1C#N. The van der Waals surface area contributed by atoms with Crippen molar-refractivity contribution in [3.63, 3.8) is 0 Å². The molecular weight excluding hydrogens is 763 g/mol. The number of carbonyl (C=O) groups is 5. The van der Waals surface area contributed by atoms with Crippen LogP contribution >= 0.6 is 0 Å². The van der Waals surface area contributed by atoms with Crippen LogP contribution in [0.4, 0.5) is 11.4 Å². The number of fused-ring (bicyclic) bond motifs is 1. The van der Waals surface area contributed by atoms with E-state index in [9.17, 15) is 29.2 Å². The van der Waals surface area contributed by atoms with E-state index in [0.717, 1.165) is 74.9 Å². The predicted octanol–water partition coefficient (Wildman–Crippen LogP) is 4.62. The molecule has 3 saturated heterocycles. The molecule has 1 aliphatic carbocycles. The summed E-state index contributed by atoms with van der Waals surface area (Å²) >= 11 is 0.